The number of carbonyl (C=O) groups is 2. The Labute approximate surface area is 141 Å². The maximum atomic E-state index is 12.4. The van der Waals surface area contributed by atoms with Crippen molar-refractivity contribution in [2.45, 2.75) is 39.4 Å². The number of amides is 1. The first-order chi connectivity index (χ1) is 11.3. The summed E-state index contributed by atoms with van der Waals surface area (Å²) in [6.07, 6.45) is -0.189. The first-order valence-electron chi connectivity index (χ1n) is 7.74. The van der Waals surface area contributed by atoms with Gasteiger partial charge in [0.2, 0.25) is 0 Å². The number of benzene rings is 1. The topological polar surface area (TPSA) is 72.9 Å². The standard InChI is InChI=1S/C18H21NO5/c1-18(2,3)24-16(21)9-15-14(11-20)10-19(17(15)22)23-12-13-7-5-4-6-8-13/h4-8,15H,9-10,12H2,1-3H3. The van der Waals surface area contributed by atoms with Gasteiger partial charge in [-0.1, -0.05) is 30.3 Å². The third-order valence-corrected chi connectivity index (χ3v) is 3.43. The molecule has 2 rings (SSSR count). The molecule has 1 aromatic carbocycles. The molecule has 1 amide bonds. The Kier molecular flexibility index (Phi) is 5.54. The number of hydroxylamine groups is 2. The van der Waals surface area contributed by atoms with Gasteiger partial charge in [-0.2, -0.15) is 0 Å². The van der Waals surface area contributed by atoms with Crippen LogP contribution in [0.25, 0.3) is 0 Å². The van der Waals surface area contributed by atoms with Crippen molar-refractivity contribution in [1.82, 2.24) is 5.06 Å². The van der Waals surface area contributed by atoms with Crippen LogP contribution in [0.1, 0.15) is 32.8 Å². The minimum absolute atomic E-state index is 0.0165. The van der Waals surface area contributed by atoms with Crippen molar-refractivity contribution < 1.29 is 24.0 Å². The molecule has 1 aromatic rings. The van der Waals surface area contributed by atoms with Crippen LogP contribution in [0.4, 0.5) is 0 Å². The SMILES string of the molecule is CC(C)(C)OC(=O)CC1C(=O)N(OCc2ccccc2)CC1=C=O. The summed E-state index contributed by atoms with van der Waals surface area (Å²) in [6, 6.07) is 9.36. The van der Waals surface area contributed by atoms with Crippen LogP contribution in [-0.4, -0.2) is 35.0 Å². The fourth-order valence-corrected chi connectivity index (χ4v) is 2.37. The number of hydrogen-bond acceptors (Lipinski definition) is 5. The second-order valence-electron chi connectivity index (χ2n) is 6.60. The molecule has 0 aromatic heterocycles. The molecule has 1 aliphatic rings. The van der Waals surface area contributed by atoms with E-state index in [0.717, 1.165) is 10.6 Å². The molecule has 1 heterocycles. The second kappa shape index (κ2) is 7.43. The average Bonchev–Trinajstić information content (AvgIpc) is 2.80. The van der Waals surface area contributed by atoms with E-state index in [1.165, 1.54) is 0 Å². The molecule has 0 aliphatic carbocycles. The van der Waals surface area contributed by atoms with Gasteiger partial charge in [-0.25, -0.2) is 9.86 Å². The van der Waals surface area contributed by atoms with Crippen molar-refractivity contribution in [2.75, 3.05) is 6.54 Å². The van der Waals surface area contributed by atoms with Crippen LogP contribution in [0, 0.1) is 5.92 Å². The summed E-state index contributed by atoms with van der Waals surface area (Å²) in [5.41, 5.74) is 0.462. The minimum atomic E-state index is -0.867. The molecule has 0 bridgehead atoms. The summed E-state index contributed by atoms with van der Waals surface area (Å²) in [5, 5.41) is 1.11. The van der Waals surface area contributed by atoms with Crippen LogP contribution in [0.15, 0.2) is 35.9 Å². The normalized spacial score (nSPS) is 17.8. The monoisotopic (exact) mass is 331 g/mol. The van der Waals surface area contributed by atoms with E-state index in [2.05, 4.69) is 0 Å². The van der Waals surface area contributed by atoms with Crippen molar-refractivity contribution >= 4 is 17.8 Å². The van der Waals surface area contributed by atoms with E-state index in [0.29, 0.717) is 0 Å². The first-order valence-corrected chi connectivity index (χ1v) is 7.74. The zero-order valence-electron chi connectivity index (χ0n) is 14.1. The maximum absolute atomic E-state index is 12.4. The summed E-state index contributed by atoms with van der Waals surface area (Å²) in [4.78, 5) is 40.9. The van der Waals surface area contributed by atoms with Gasteiger partial charge < -0.3 is 4.74 Å². The fraction of sp³-hybridized carbons (Fsp3) is 0.444. The molecule has 1 aliphatic heterocycles. The molecule has 1 fully saturated rings. The summed E-state index contributed by atoms with van der Waals surface area (Å²) in [7, 11) is 0. The van der Waals surface area contributed by atoms with E-state index in [4.69, 9.17) is 9.57 Å². The van der Waals surface area contributed by atoms with Crippen LogP contribution in [-0.2, 0) is 30.6 Å². The van der Waals surface area contributed by atoms with Crippen LogP contribution < -0.4 is 0 Å². The molecule has 1 saturated heterocycles. The van der Waals surface area contributed by atoms with Gasteiger partial charge in [-0.15, -0.1) is 0 Å². The molecular formula is C18H21NO5. The Balaban J connectivity index is 1.99. The molecule has 0 N–H and O–H groups in total. The summed E-state index contributed by atoms with van der Waals surface area (Å²) in [6.45, 7) is 5.45. The smallest absolute Gasteiger partial charge is 0.307 e. The number of carbonyl (C=O) groups excluding carboxylic acids is 3. The van der Waals surface area contributed by atoms with Gasteiger partial charge in [0.05, 0.1) is 18.9 Å². The Morgan fingerprint density at radius 2 is 1.96 bits per heavy atom. The number of nitrogens with zero attached hydrogens (tertiary/aromatic N) is 1. The molecule has 6 heteroatoms. The summed E-state index contributed by atoms with van der Waals surface area (Å²) in [5.74, 6) is -0.0606. The lowest BCUT2D eigenvalue weighted by molar-refractivity contribution is -0.185. The summed E-state index contributed by atoms with van der Waals surface area (Å²) >= 11 is 0. The zero-order chi connectivity index (χ0) is 17.7. The first kappa shape index (κ1) is 17.9. The highest BCUT2D eigenvalue weighted by Crippen LogP contribution is 2.27. The van der Waals surface area contributed by atoms with E-state index in [-0.39, 0.29) is 25.1 Å². The van der Waals surface area contributed by atoms with Gasteiger partial charge in [0.1, 0.15) is 18.1 Å². The highest BCUT2D eigenvalue weighted by Gasteiger charge is 2.40. The zero-order valence-corrected chi connectivity index (χ0v) is 14.1. The van der Waals surface area contributed by atoms with E-state index < -0.39 is 23.4 Å². The molecule has 128 valence electrons. The van der Waals surface area contributed by atoms with Crippen molar-refractivity contribution in [3.05, 3.63) is 41.5 Å². The lowest BCUT2D eigenvalue weighted by Crippen LogP contribution is -2.30. The quantitative estimate of drug-likeness (QED) is 0.610. The molecule has 0 spiro atoms. The molecule has 1 atom stereocenters. The van der Waals surface area contributed by atoms with Gasteiger partial charge in [0.25, 0.3) is 5.91 Å². The van der Waals surface area contributed by atoms with E-state index in [1.54, 1.807) is 26.7 Å². The number of ether oxygens (including phenoxy) is 1. The van der Waals surface area contributed by atoms with Gasteiger partial charge in [0, 0.05) is 5.57 Å². The highest BCUT2D eigenvalue weighted by molar-refractivity contribution is 5.91. The molecule has 0 saturated carbocycles. The lowest BCUT2D eigenvalue weighted by atomic mass is 10.00. The molecular weight excluding hydrogens is 310 g/mol. The summed E-state index contributed by atoms with van der Waals surface area (Å²) < 4.78 is 5.21. The van der Waals surface area contributed by atoms with Gasteiger partial charge >= 0.3 is 5.97 Å². The predicted octanol–water partition coefficient (Wildman–Crippen LogP) is 2.07. The average molecular weight is 331 g/mol. The van der Waals surface area contributed by atoms with Crippen LogP contribution in [0.2, 0.25) is 0 Å². The molecule has 24 heavy (non-hydrogen) atoms. The van der Waals surface area contributed by atoms with Gasteiger partial charge in [-0.3, -0.25) is 14.4 Å². The predicted molar refractivity (Wildman–Crippen MR) is 86.1 cm³/mol. The lowest BCUT2D eigenvalue weighted by Gasteiger charge is -2.20. The Morgan fingerprint density at radius 3 is 2.54 bits per heavy atom. The van der Waals surface area contributed by atoms with Crippen molar-refractivity contribution in [2.24, 2.45) is 5.92 Å². The van der Waals surface area contributed by atoms with Crippen molar-refractivity contribution in [3.8, 4) is 0 Å². The Morgan fingerprint density at radius 1 is 1.29 bits per heavy atom. The molecule has 0 radical (unpaired) electrons. The Hall–Kier alpha value is -2.43. The van der Waals surface area contributed by atoms with Gasteiger partial charge in [-0.05, 0) is 26.3 Å². The van der Waals surface area contributed by atoms with E-state index >= 15 is 0 Å². The third-order valence-electron chi connectivity index (χ3n) is 3.43. The van der Waals surface area contributed by atoms with Crippen LogP contribution >= 0.6 is 0 Å². The number of hydrogen-bond donors (Lipinski definition) is 0. The molecule has 1 unspecified atom stereocenters. The van der Waals surface area contributed by atoms with E-state index in [1.807, 2.05) is 30.3 Å². The maximum Gasteiger partial charge on any atom is 0.307 e. The van der Waals surface area contributed by atoms with Gasteiger partial charge in [0.15, 0.2) is 0 Å². The number of rotatable bonds is 5. The minimum Gasteiger partial charge on any atom is -0.460 e. The molecule has 6 nitrogen and oxygen atoms in total. The largest absolute Gasteiger partial charge is 0.460 e. The van der Waals surface area contributed by atoms with Crippen LogP contribution in [0.5, 0.6) is 0 Å². The fourth-order valence-electron chi connectivity index (χ4n) is 2.37. The van der Waals surface area contributed by atoms with E-state index in [9.17, 15) is 14.4 Å². The van der Waals surface area contributed by atoms with Crippen LogP contribution in [0.3, 0.4) is 0 Å². The van der Waals surface area contributed by atoms with Crippen molar-refractivity contribution in [3.63, 3.8) is 0 Å². The highest BCUT2D eigenvalue weighted by atomic mass is 16.7. The third kappa shape index (κ3) is 4.78. The number of esters is 1. The Bertz CT molecular complexity index is 656. The second-order valence-corrected chi connectivity index (χ2v) is 6.60. The van der Waals surface area contributed by atoms with Crippen molar-refractivity contribution in [1.29, 1.82) is 0 Å².